The van der Waals surface area contributed by atoms with Crippen LogP contribution >= 0.6 is 0 Å². The van der Waals surface area contributed by atoms with Crippen LogP contribution in [0.5, 0.6) is 0 Å². The number of fused-ring (bicyclic) bond motifs is 7. The summed E-state index contributed by atoms with van der Waals surface area (Å²) in [5, 5.41) is 9.41. The average Bonchev–Trinajstić information content (AvgIpc) is 3.75. The molecule has 3 nitrogen and oxygen atoms in total. The number of nitrogens with zero attached hydrogens (tertiary/aromatic N) is 2. The van der Waals surface area contributed by atoms with E-state index in [0.29, 0.717) is 0 Å². The van der Waals surface area contributed by atoms with Crippen LogP contribution in [0.15, 0.2) is 156 Å². The van der Waals surface area contributed by atoms with Crippen LogP contribution in [0.1, 0.15) is 5.82 Å². The summed E-state index contributed by atoms with van der Waals surface area (Å²) in [4.78, 5) is 5.32. The fraction of sp³-hybridized carbons (Fsp3) is 0.0444. The van der Waals surface area contributed by atoms with Gasteiger partial charge in [-0.05, 0) is 90.8 Å². The summed E-state index contributed by atoms with van der Waals surface area (Å²) in [6, 6.07) is 54.9. The maximum Gasteiger partial charge on any atom is 0.135 e. The van der Waals surface area contributed by atoms with Crippen LogP contribution in [0.3, 0.4) is 0 Å². The average molecular weight is 674 g/mol. The van der Waals surface area contributed by atoms with Gasteiger partial charge < -0.3 is 4.42 Å². The molecule has 0 radical (unpaired) electrons. The molecule has 0 amide bonds. The van der Waals surface area contributed by atoms with Gasteiger partial charge in [0.2, 0.25) is 0 Å². The number of rotatable bonds is 5. The van der Waals surface area contributed by atoms with Crippen molar-refractivity contribution in [3.63, 3.8) is 0 Å². The number of benzene rings is 8. The molecule has 0 bridgehead atoms. The van der Waals surface area contributed by atoms with Gasteiger partial charge in [-0.3, -0.25) is 4.57 Å². The molecule has 53 heavy (non-hydrogen) atoms. The van der Waals surface area contributed by atoms with E-state index < -0.39 is 0 Å². The van der Waals surface area contributed by atoms with E-state index in [4.69, 9.17) is 9.40 Å². The third-order valence-corrected chi connectivity index (χ3v) is 12.0. The van der Waals surface area contributed by atoms with Crippen LogP contribution in [0.2, 0.25) is 5.11 Å². The highest BCUT2D eigenvalue weighted by atomic mass is 16.3. The Morgan fingerprint density at radius 2 is 1.02 bits per heavy atom. The number of imidazole rings is 1. The third kappa shape index (κ3) is 4.71. The van der Waals surface area contributed by atoms with Crippen LogP contribution in [0, 0.1) is 0 Å². The second-order valence-corrected chi connectivity index (χ2v) is 16.0. The molecule has 0 aliphatic heterocycles. The van der Waals surface area contributed by atoms with Crippen LogP contribution in [0.4, 0.5) is 0 Å². The highest BCUT2D eigenvalue weighted by molar-refractivity contribution is 6.67. The highest BCUT2D eigenvalue weighted by Gasteiger charge is 2.38. The van der Waals surface area contributed by atoms with Crippen LogP contribution in [0.25, 0.3) is 93.2 Å². The standard InChI is InChI=1S/C45H35B5N2O/c46-44(47,45(48,49)50)43-51-36-18-8-9-19-38(36)52(43)37-23-22-34(27-11-1-2-12-28(27)37)42-32-16-5-3-14-30(32)41(31-15-4-6-17-33(31)42)26-21-24-40-35(25-26)29-13-7-10-20-39(29)53-40/h1-25H,46-50H2. The van der Waals surface area contributed by atoms with E-state index in [-0.39, 0.29) is 10.3 Å². The molecule has 10 aromatic rings. The summed E-state index contributed by atoms with van der Waals surface area (Å²) in [6.45, 7) is 0. The molecule has 0 aliphatic rings. The molecule has 0 spiro atoms. The second kappa shape index (κ2) is 11.6. The van der Waals surface area contributed by atoms with Crippen molar-refractivity contribution in [1.29, 1.82) is 0 Å². The predicted octanol–water partition coefficient (Wildman–Crippen LogP) is 7.11. The van der Waals surface area contributed by atoms with Crippen molar-refractivity contribution in [1.82, 2.24) is 9.55 Å². The topological polar surface area (TPSA) is 31.0 Å². The van der Waals surface area contributed by atoms with Gasteiger partial charge in [0, 0.05) is 16.2 Å². The fourth-order valence-corrected chi connectivity index (χ4v) is 8.33. The summed E-state index contributed by atoms with van der Waals surface area (Å²) >= 11 is 0. The first-order valence-electron chi connectivity index (χ1n) is 18.6. The lowest BCUT2D eigenvalue weighted by Crippen LogP contribution is -2.45. The summed E-state index contributed by atoms with van der Waals surface area (Å²) in [7, 11) is 11.6. The minimum absolute atomic E-state index is 0.0172. The smallest absolute Gasteiger partial charge is 0.135 e. The number of hydrogen-bond acceptors (Lipinski definition) is 2. The predicted molar refractivity (Wildman–Crippen MR) is 239 cm³/mol. The SMILES string of the molecule is BC(B)(B)C(B)(B)c1nc2ccccc2n1-c1ccc(-c2c3ccccc3c(-c3ccc4oc5ccccc5c4c3)c3ccccc23)c2ccccc12. The lowest BCUT2D eigenvalue weighted by molar-refractivity contribution is 0.669. The molecule has 2 heterocycles. The van der Waals surface area contributed by atoms with Crippen LogP contribution < -0.4 is 0 Å². The summed E-state index contributed by atoms with van der Waals surface area (Å²) < 4.78 is 8.65. The fourth-order valence-electron chi connectivity index (χ4n) is 8.33. The third-order valence-electron chi connectivity index (χ3n) is 12.0. The van der Waals surface area contributed by atoms with Gasteiger partial charge in [0.05, 0.1) is 40.3 Å². The molecule has 8 heteroatoms. The Morgan fingerprint density at radius 1 is 0.472 bits per heavy atom. The van der Waals surface area contributed by atoms with Crippen molar-refractivity contribution in [2.75, 3.05) is 0 Å². The van der Waals surface area contributed by atoms with Crippen LogP contribution in [-0.2, 0) is 5.21 Å². The number of hydrogen-bond donors (Lipinski definition) is 0. The van der Waals surface area contributed by atoms with Gasteiger partial charge in [0.15, 0.2) is 0 Å². The van der Waals surface area contributed by atoms with Crippen molar-refractivity contribution in [3.8, 4) is 27.9 Å². The second-order valence-electron chi connectivity index (χ2n) is 16.0. The Balaban J connectivity index is 1.26. The number of para-hydroxylation sites is 3. The van der Waals surface area contributed by atoms with Gasteiger partial charge in [-0.1, -0.05) is 115 Å². The molecular formula is C45H35B5N2O. The first kappa shape index (κ1) is 31.8. The van der Waals surface area contributed by atoms with Crippen molar-refractivity contribution in [3.05, 3.63) is 157 Å². The quantitative estimate of drug-likeness (QED) is 0.144. The summed E-state index contributed by atoms with van der Waals surface area (Å²) in [5.41, 5.74) is 10.0. The number of aromatic nitrogens is 2. The van der Waals surface area contributed by atoms with Crippen molar-refractivity contribution in [2.24, 2.45) is 0 Å². The molecule has 246 valence electrons. The first-order chi connectivity index (χ1) is 25.7. The Labute approximate surface area is 313 Å². The van der Waals surface area contributed by atoms with Crippen LogP contribution in [-0.4, -0.2) is 48.8 Å². The van der Waals surface area contributed by atoms with Gasteiger partial charge in [-0.15, -0.1) is 5.11 Å². The minimum atomic E-state index is -0.209. The monoisotopic (exact) mass is 674 g/mol. The van der Waals surface area contributed by atoms with Crippen molar-refractivity contribution < 1.29 is 4.42 Å². The Kier molecular flexibility index (Phi) is 6.95. The summed E-state index contributed by atoms with van der Waals surface area (Å²) in [5.74, 6) is 1.08. The molecule has 0 aliphatic carbocycles. The molecule has 0 fully saturated rings. The van der Waals surface area contributed by atoms with E-state index >= 15 is 0 Å². The Morgan fingerprint density at radius 3 is 1.70 bits per heavy atom. The molecule has 0 atom stereocenters. The molecule has 8 aromatic carbocycles. The summed E-state index contributed by atoms with van der Waals surface area (Å²) in [6.07, 6.45) is 0. The Hall–Kier alpha value is -5.87. The van der Waals surface area contributed by atoms with Crippen molar-refractivity contribution in [2.45, 2.75) is 10.3 Å². The first-order valence-corrected chi connectivity index (χ1v) is 18.6. The van der Waals surface area contributed by atoms with E-state index in [1.165, 1.54) is 54.6 Å². The zero-order valence-electron chi connectivity index (χ0n) is 30.7. The van der Waals surface area contributed by atoms with Gasteiger partial charge in [-0.25, -0.2) is 4.98 Å². The van der Waals surface area contributed by atoms with E-state index in [2.05, 4.69) is 183 Å². The van der Waals surface area contributed by atoms with Gasteiger partial charge in [0.25, 0.3) is 0 Å². The van der Waals surface area contributed by atoms with E-state index in [1.54, 1.807) is 0 Å². The largest absolute Gasteiger partial charge is 0.456 e. The molecular weight excluding hydrogens is 639 g/mol. The van der Waals surface area contributed by atoms with E-state index in [1.807, 2.05) is 12.1 Å². The Bertz CT molecular complexity index is 3040. The molecule has 0 saturated heterocycles. The molecule has 10 rings (SSSR count). The molecule has 0 N–H and O–H groups in total. The minimum Gasteiger partial charge on any atom is -0.456 e. The van der Waals surface area contributed by atoms with E-state index in [0.717, 1.165) is 44.5 Å². The van der Waals surface area contributed by atoms with Gasteiger partial charge >= 0.3 is 0 Å². The highest BCUT2D eigenvalue weighted by Crippen LogP contribution is 2.47. The zero-order valence-corrected chi connectivity index (χ0v) is 30.7. The van der Waals surface area contributed by atoms with E-state index in [9.17, 15) is 0 Å². The maximum absolute atomic E-state index is 6.23. The maximum atomic E-state index is 6.23. The zero-order chi connectivity index (χ0) is 36.1. The van der Waals surface area contributed by atoms with Crippen molar-refractivity contribution >= 4 is 105 Å². The normalized spacial score (nSPS) is 12.5. The van der Waals surface area contributed by atoms with Gasteiger partial charge in [0.1, 0.15) is 32.7 Å². The lowest BCUT2D eigenvalue weighted by atomic mass is 9.23. The molecule has 2 aromatic heterocycles. The molecule has 0 saturated carbocycles. The molecule has 0 unspecified atom stereocenters. The van der Waals surface area contributed by atoms with Gasteiger partial charge in [-0.2, -0.15) is 0 Å². The number of furan rings is 1. The lowest BCUT2D eigenvalue weighted by Gasteiger charge is -2.39.